The maximum atomic E-state index is 13.1. The molecule has 12 heteroatoms. The minimum Gasteiger partial charge on any atom is -0.509 e. The fraction of sp³-hybridized carbons (Fsp3) is 0.520. The molecule has 0 aromatic heterocycles. The van der Waals surface area contributed by atoms with Crippen molar-refractivity contribution in [3.63, 3.8) is 0 Å². The number of allylic oxidation sites excluding steroid dienone is 3. The van der Waals surface area contributed by atoms with Crippen molar-refractivity contribution in [1.82, 2.24) is 4.31 Å². The lowest BCUT2D eigenvalue weighted by Crippen LogP contribution is -2.37. The molecule has 2 aliphatic rings. The van der Waals surface area contributed by atoms with Crippen LogP contribution in [0.15, 0.2) is 62.0 Å². The van der Waals surface area contributed by atoms with Gasteiger partial charge in [-0.3, -0.25) is 4.79 Å². The van der Waals surface area contributed by atoms with Gasteiger partial charge in [0.25, 0.3) is 0 Å². The molecule has 2 atom stereocenters. The molecule has 0 saturated carbocycles. The van der Waals surface area contributed by atoms with Crippen molar-refractivity contribution < 1.29 is 32.9 Å². The fourth-order valence-corrected chi connectivity index (χ4v) is 5.69. The summed E-state index contributed by atoms with van der Waals surface area (Å²) in [5.41, 5.74) is 0.417. The number of carbonyl (C=O) groups excluding carboxylic acids is 1. The molecule has 1 aromatic rings. The molecule has 37 heavy (non-hydrogen) atoms. The van der Waals surface area contributed by atoms with E-state index in [9.17, 15) is 23.6 Å². The molecular weight excluding hydrogens is 500 g/mol. The number of hydrogen-bond acceptors (Lipinski definition) is 10. The smallest absolute Gasteiger partial charge is 0.243 e. The third kappa shape index (κ3) is 6.68. The van der Waals surface area contributed by atoms with Crippen LogP contribution in [0.3, 0.4) is 0 Å². The number of benzene rings is 1. The highest BCUT2D eigenvalue weighted by atomic mass is 32.2. The second-order valence-corrected chi connectivity index (χ2v) is 10.6. The Bertz CT molecular complexity index is 1210. The van der Waals surface area contributed by atoms with Crippen LogP contribution in [0.25, 0.3) is 0 Å². The van der Waals surface area contributed by atoms with E-state index in [1.54, 1.807) is 6.92 Å². The van der Waals surface area contributed by atoms with Gasteiger partial charge in [0.1, 0.15) is 23.1 Å². The van der Waals surface area contributed by atoms with E-state index >= 15 is 0 Å². The number of rotatable bonds is 12. The van der Waals surface area contributed by atoms with Crippen LogP contribution in [-0.2, 0) is 24.3 Å². The third-order valence-electron chi connectivity index (χ3n) is 6.29. The topological polar surface area (TPSA) is 162 Å². The average molecular weight is 533 g/mol. The summed E-state index contributed by atoms with van der Waals surface area (Å²) in [5.74, 6) is -1.85. The van der Waals surface area contributed by atoms with Gasteiger partial charge in [-0.2, -0.15) is 14.7 Å². The Morgan fingerprint density at radius 2 is 1.97 bits per heavy atom. The zero-order chi connectivity index (χ0) is 27.0. The summed E-state index contributed by atoms with van der Waals surface area (Å²) in [6.45, 7) is 4.55. The van der Waals surface area contributed by atoms with Gasteiger partial charge in [-0.25, -0.2) is 8.42 Å². The Morgan fingerprint density at radius 1 is 1.24 bits per heavy atom. The highest BCUT2D eigenvalue weighted by molar-refractivity contribution is 7.89. The average Bonchev–Trinajstić information content (AvgIpc) is 3.40. The van der Waals surface area contributed by atoms with Gasteiger partial charge in [0.15, 0.2) is 5.78 Å². The highest BCUT2D eigenvalue weighted by Gasteiger charge is 2.35. The first-order valence-electron chi connectivity index (χ1n) is 12.1. The number of Topliss-reactive ketones (excluding diaryl/α,β-unsaturated/α-hetero) is 1. The Labute approximate surface area is 216 Å². The van der Waals surface area contributed by atoms with E-state index in [1.807, 2.05) is 6.07 Å². The SMILES string of the molecule is CCN(CC1CCCO1)S(=O)(=O)c1ccc(/N=N/C2=C(O)C(CCOCCO)C(=O)C(C#N)=C2C)cc1. The van der Waals surface area contributed by atoms with Crippen LogP contribution in [-0.4, -0.2) is 74.3 Å². The number of carbonyl (C=O) groups is 1. The Balaban J connectivity index is 1.79. The maximum absolute atomic E-state index is 13.1. The number of aliphatic hydroxyl groups excluding tert-OH is 2. The molecule has 1 aromatic carbocycles. The molecule has 1 heterocycles. The second kappa shape index (κ2) is 13.0. The number of ether oxygens (including phenoxy) is 2. The van der Waals surface area contributed by atoms with Crippen LogP contribution >= 0.6 is 0 Å². The molecule has 3 rings (SSSR count). The van der Waals surface area contributed by atoms with E-state index in [1.165, 1.54) is 35.5 Å². The molecule has 0 spiro atoms. The number of likely N-dealkylation sites (N-methyl/N-ethyl adjacent to an activating group) is 1. The molecular formula is C25H32N4O7S. The van der Waals surface area contributed by atoms with Crippen molar-refractivity contribution in [3.05, 3.63) is 46.9 Å². The monoisotopic (exact) mass is 532 g/mol. The highest BCUT2D eigenvalue weighted by Crippen LogP contribution is 2.34. The molecule has 0 bridgehead atoms. The van der Waals surface area contributed by atoms with Gasteiger partial charge < -0.3 is 19.7 Å². The molecule has 200 valence electrons. The standard InChI is InChI=1S/C25H32N4O7S/c1-3-29(16-19-5-4-12-36-19)37(33,34)20-8-6-18(7-9-20)27-28-23-17(2)22(15-26)24(31)21(25(23)32)10-13-35-14-11-30/h6-9,19,21,30,32H,3-5,10-14,16H2,1-2H3/b28-27+. The summed E-state index contributed by atoms with van der Waals surface area (Å²) < 4.78 is 38.4. The largest absolute Gasteiger partial charge is 0.509 e. The lowest BCUT2D eigenvalue weighted by Gasteiger charge is -2.23. The van der Waals surface area contributed by atoms with Gasteiger partial charge in [-0.1, -0.05) is 6.92 Å². The molecule has 2 N–H and O–H groups in total. The van der Waals surface area contributed by atoms with Crippen LogP contribution in [0.4, 0.5) is 5.69 Å². The van der Waals surface area contributed by atoms with E-state index in [0.29, 0.717) is 25.4 Å². The second-order valence-electron chi connectivity index (χ2n) is 8.67. The zero-order valence-corrected chi connectivity index (χ0v) is 21.8. The van der Waals surface area contributed by atoms with Crippen molar-refractivity contribution in [1.29, 1.82) is 5.26 Å². The van der Waals surface area contributed by atoms with Gasteiger partial charge in [0, 0.05) is 31.9 Å². The predicted molar refractivity (Wildman–Crippen MR) is 133 cm³/mol. The molecule has 0 amide bonds. The summed E-state index contributed by atoms with van der Waals surface area (Å²) in [4.78, 5) is 12.8. The summed E-state index contributed by atoms with van der Waals surface area (Å²) in [7, 11) is -3.72. The first kappa shape index (κ1) is 28.6. The molecule has 1 saturated heterocycles. The number of aliphatic hydroxyl groups is 2. The van der Waals surface area contributed by atoms with Crippen LogP contribution in [0, 0.1) is 17.2 Å². The maximum Gasteiger partial charge on any atom is 0.243 e. The van der Waals surface area contributed by atoms with E-state index in [4.69, 9.17) is 14.6 Å². The third-order valence-corrected chi connectivity index (χ3v) is 8.24. The van der Waals surface area contributed by atoms with Gasteiger partial charge >= 0.3 is 0 Å². The van der Waals surface area contributed by atoms with Gasteiger partial charge in [0.2, 0.25) is 10.0 Å². The summed E-state index contributed by atoms with van der Waals surface area (Å²) >= 11 is 0. The molecule has 2 unspecified atom stereocenters. The number of nitriles is 1. The molecule has 11 nitrogen and oxygen atoms in total. The van der Waals surface area contributed by atoms with Gasteiger partial charge in [0.05, 0.1) is 35.8 Å². The van der Waals surface area contributed by atoms with Crippen molar-refractivity contribution in [2.45, 2.75) is 44.1 Å². The minimum absolute atomic E-state index is 0.00808. The first-order chi connectivity index (χ1) is 17.7. The zero-order valence-electron chi connectivity index (χ0n) is 21.0. The van der Waals surface area contributed by atoms with Crippen LogP contribution in [0.1, 0.15) is 33.1 Å². The van der Waals surface area contributed by atoms with E-state index < -0.39 is 21.7 Å². The van der Waals surface area contributed by atoms with Crippen molar-refractivity contribution in [2.75, 3.05) is 39.5 Å². The number of azo groups is 1. The van der Waals surface area contributed by atoms with Crippen LogP contribution in [0.5, 0.6) is 0 Å². The lowest BCUT2D eigenvalue weighted by atomic mass is 9.84. The van der Waals surface area contributed by atoms with Crippen LogP contribution < -0.4 is 0 Å². The van der Waals surface area contributed by atoms with Crippen molar-refractivity contribution in [3.8, 4) is 6.07 Å². The number of nitrogens with zero attached hydrogens (tertiary/aromatic N) is 4. The first-order valence-corrected chi connectivity index (χ1v) is 13.6. The normalized spacial score (nSPS) is 20.9. The Hall–Kier alpha value is -2.95. The Kier molecular flexibility index (Phi) is 10.1. The van der Waals surface area contributed by atoms with Crippen molar-refractivity contribution >= 4 is 21.5 Å². The summed E-state index contributed by atoms with van der Waals surface area (Å²) in [6.07, 6.45) is 1.75. The molecule has 1 fully saturated rings. The number of ketones is 1. The summed E-state index contributed by atoms with van der Waals surface area (Å²) in [6, 6.07) is 7.73. The predicted octanol–water partition coefficient (Wildman–Crippen LogP) is 3.17. The Morgan fingerprint density at radius 3 is 2.57 bits per heavy atom. The number of hydrogen-bond donors (Lipinski definition) is 2. The quantitative estimate of drug-likeness (QED) is 0.306. The van der Waals surface area contributed by atoms with E-state index in [0.717, 1.165) is 12.8 Å². The van der Waals surface area contributed by atoms with Crippen LogP contribution in [0.2, 0.25) is 0 Å². The number of sulfonamides is 1. The fourth-order valence-electron chi connectivity index (χ4n) is 4.21. The summed E-state index contributed by atoms with van der Waals surface area (Å²) in [5, 5.41) is 37.2. The lowest BCUT2D eigenvalue weighted by molar-refractivity contribution is -0.119. The van der Waals surface area contributed by atoms with Crippen molar-refractivity contribution in [2.24, 2.45) is 16.1 Å². The van der Waals surface area contributed by atoms with Gasteiger partial charge in [-0.05, 0) is 50.5 Å². The minimum atomic E-state index is -3.72. The van der Waals surface area contributed by atoms with E-state index in [-0.39, 0.29) is 59.8 Å². The van der Waals surface area contributed by atoms with Gasteiger partial charge in [-0.15, -0.1) is 5.11 Å². The molecule has 1 aliphatic heterocycles. The molecule has 1 aliphatic carbocycles. The van der Waals surface area contributed by atoms with E-state index in [2.05, 4.69) is 10.2 Å². The molecule has 0 radical (unpaired) electrons.